The van der Waals surface area contributed by atoms with Crippen LogP contribution in [0.2, 0.25) is 0 Å². The highest BCUT2D eigenvalue weighted by Crippen LogP contribution is 2.29. The molecule has 1 unspecified atom stereocenters. The van der Waals surface area contributed by atoms with Crippen LogP contribution in [0.1, 0.15) is 70.0 Å². The molecule has 0 saturated heterocycles. The van der Waals surface area contributed by atoms with Gasteiger partial charge in [0.1, 0.15) is 0 Å². The molecule has 1 rings (SSSR count). The quantitative estimate of drug-likeness (QED) is 0.737. The summed E-state index contributed by atoms with van der Waals surface area (Å²) in [6.45, 7) is 10.0. The van der Waals surface area contributed by atoms with Gasteiger partial charge < -0.3 is 5.32 Å². The van der Waals surface area contributed by atoms with Crippen LogP contribution in [0.4, 0.5) is 0 Å². The fourth-order valence-electron chi connectivity index (χ4n) is 2.28. The van der Waals surface area contributed by atoms with E-state index in [1.807, 2.05) is 0 Å². The third kappa shape index (κ3) is 4.32. The number of aromatic nitrogens is 2. The highest BCUT2D eigenvalue weighted by atomic mass is 32.1. The van der Waals surface area contributed by atoms with Crippen molar-refractivity contribution in [3.05, 3.63) is 10.6 Å². The summed E-state index contributed by atoms with van der Waals surface area (Å²) in [5, 5.41) is 7.93. The van der Waals surface area contributed by atoms with E-state index in [1.165, 1.54) is 36.3 Å². The van der Waals surface area contributed by atoms with Crippen LogP contribution < -0.4 is 5.32 Å². The lowest BCUT2D eigenvalue weighted by Gasteiger charge is -2.22. The van der Waals surface area contributed by atoms with Crippen LogP contribution in [-0.2, 0) is 6.42 Å². The van der Waals surface area contributed by atoms with Crippen molar-refractivity contribution in [1.82, 2.24) is 14.9 Å². The zero-order valence-electron chi connectivity index (χ0n) is 12.2. The Morgan fingerprint density at radius 3 is 2.44 bits per heavy atom. The second-order valence-electron chi connectivity index (χ2n) is 4.86. The highest BCUT2D eigenvalue weighted by Gasteiger charge is 2.20. The van der Waals surface area contributed by atoms with Gasteiger partial charge in [-0.3, -0.25) is 0 Å². The normalized spacial score (nSPS) is 13.2. The first-order chi connectivity index (χ1) is 8.76. The molecule has 0 aromatic carbocycles. The van der Waals surface area contributed by atoms with Crippen molar-refractivity contribution in [3.63, 3.8) is 0 Å². The van der Waals surface area contributed by atoms with E-state index < -0.39 is 0 Å². The van der Waals surface area contributed by atoms with Crippen LogP contribution >= 0.6 is 11.5 Å². The van der Waals surface area contributed by atoms with Crippen molar-refractivity contribution in [1.29, 1.82) is 0 Å². The molecular weight excluding hydrogens is 242 g/mol. The number of nitrogens with one attached hydrogen (secondary N) is 1. The Labute approximate surface area is 116 Å². The van der Waals surface area contributed by atoms with Crippen LogP contribution in [0.15, 0.2) is 0 Å². The maximum atomic E-state index is 4.25. The van der Waals surface area contributed by atoms with Gasteiger partial charge in [-0.2, -0.15) is 0 Å². The summed E-state index contributed by atoms with van der Waals surface area (Å²) in [7, 11) is 0. The highest BCUT2D eigenvalue weighted by molar-refractivity contribution is 7.05. The molecule has 3 nitrogen and oxygen atoms in total. The summed E-state index contributed by atoms with van der Waals surface area (Å²) in [5.41, 5.74) is 1.18. The van der Waals surface area contributed by atoms with E-state index in [-0.39, 0.29) is 0 Å². The van der Waals surface area contributed by atoms with Crippen molar-refractivity contribution >= 4 is 11.5 Å². The molecule has 1 atom stereocenters. The summed E-state index contributed by atoms with van der Waals surface area (Å²) in [6, 6.07) is 0.449. The van der Waals surface area contributed by atoms with E-state index in [2.05, 4.69) is 42.6 Å². The van der Waals surface area contributed by atoms with Crippen molar-refractivity contribution in [2.75, 3.05) is 6.54 Å². The molecule has 0 saturated carbocycles. The molecule has 18 heavy (non-hydrogen) atoms. The molecule has 0 fully saturated rings. The topological polar surface area (TPSA) is 37.8 Å². The average Bonchev–Trinajstić information content (AvgIpc) is 2.87. The lowest BCUT2D eigenvalue weighted by Crippen LogP contribution is -2.24. The lowest BCUT2D eigenvalue weighted by molar-refractivity contribution is 0.373. The fraction of sp³-hybridized carbons (Fsp3) is 0.857. The smallest absolute Gasteiger partial charge is 0.0800 e. The number of aryl methyl sites for hydroxylation is 1. The van der Waals surface area contributed by atoms with Crippen molar-refractivity contribution in [2.45, 2.75) is 65.8 Å². The summed E-state index contributed by atoms with van der Waals surface area (Å²) >= 11 is 1.57. The summed E-state index contributed by atoms with van der Waals surface area (Å²) in [6.07, 6.45) is 5.89. The van der Waals surface area contributed by atoms with E-state index in [0.29, 0.717) is 6.04 Å². The first-order valence-electron chi connectivity index (χ1n) is 7.31. The van der Waals surface area contributed by atoms with Crippen LogP contribution in [0.25, 0.3) is 0 Å². The second kappa shape index (κ2) is 8.59. The van der Waals surface area contributed by atoms with Gasteiger partial charge in [0.2, 0.25) is 0 Å². The molecular formula is C14H27N3S. The molecule has 1 N–H and O–H groups in total. The van der Waals surface area contributed by atoms with E-state index >= 15 is 0 Å². The first-order valence-corrected chi connectivity index (χ1v) is 8.08. The van der Waals surface area contributed by atoms with Crippen molar-refractivity contribution < 1.29 is 0 Å². The Kier molecular flexibility index (Phi) is 7.44. The first kappa shape index (κ1) is 15.6. The SMILES string of the molecule is CCCNC(CC(CC)CC)c1snnc1CC. The number of hydrogen-bond acceptors (Lipinski definition) is 4. The third-order valence-corrected chi connectivity index (χ3v) is 4.48. The molecule has 1 aromatic rings. The summed E-state index contributed by atoms with van der Waals surface area (Å²) in [5.74, 6) is 0.797. The minimum absolute atomic E-state index is 0.449. The molecule has 0 spiro atoms. The van der Waals surface area contributed by atoms with Crippen LogP contribution in [0, 0.1) is 5.92 Å². The fourth-order valence-corrected chi connectivity index (χ4v) is 3.11. The molecule has 0 bridgehead atoms. The predicted molar refractivity (Wildman–Crippen MR) is 79.0 cm³/mol. The van der Waals surface area contributed by atoms with Crippen LogP contribution in [0.5, 0.6) is 0 Å². The van der Waals surface area contributed by atoms with Crippen LogP contribution in [0.3, 0.4) is 0 Å². The second-order valence-corrected chi connectivity index (χ2v) is 5.65. The Morgan fingerprint density at radius 1 is 1.17 bits per heavy atom. The molecule has 4 heteroatoms. The summed E-state index contributed by atoms with van der Waals surface area (Å²) < 4.78 is 4.13. The molecule has 1 aromatic heterocycles. The maximum Gasteiger partial charge on any atom is 0.0800 e. The van der Waals surface area contributed by atoms with E-state index in [0.717, 1.165) is 18.9 Å². The Bertz CT molecular complexity index is 321. The number of hydrogen-bond donors (Lipinski definition) is 1. The minimum atomic E-state index is 0.449. The van der Waals surface area contributed by atoms with Gasteiger partial charge in [-0.05, 0) is 43.3 Å². The van der Waals surface area contributed by atoms with Crippen LogP contribution in [-0.4, -0.2) is 16.1 Å². The standard InChI is InChI=1S/C14H27N3S/c1-5-9-15-13(10-11(6-2)7-3)14-12(8-4)16-17-18-14/h11,13,15H,5-10H2,1-4H3. The van der Waals surface area contributed by atoms with Gasteiger partial charge in [-0.15, -0.1) is 5.10 Å². The monoisotopic (exact) mass is 269 g/mol. The van der Waals surface area contributed by atoms with Gasteiger partial charge in [0, 0.05) is 6.04 Å². The zero-order valence-corrected chi connectivity index (χ0v) is 13.0. The van der Waals surface area contributed by atoms with E-state index in [9.17, 15) is 0 Å². The Morgan fingerprint density at radius 2 is 1.89 bits per heavy atom. The summed E-state index contributed by atoms with van der Waals surface area (Å²) in [4.78, 5) is 1.36. The van der Waals surface area contributed by atoms with Gasteiger partial charge in [-0.25, -0.2) is 0 Å². The number of rotatable bonds is 9. The molecule has 0 amide bonds. The van der Waals surface area contributed by atoms with E-state index in [4.69, 9.17) is 0 Å². The molecule has 1 heterocycles. The van der Waals surface area contributed by atoms with Gasteiger partial charge >= 0.3 is 0 Å². The predicted octanol–water partition coefficient (Wildman–Crippen LogP) is 3.97. The Balaban J connectivity index is 2.76. The van der Waals surface area contributed by atoms with Gasteiger partial charge in [0.25, 0.3) is 0 Å². The molecule has 0 radical (unpaired) electrons. The van der Waals surface area contributed by atoms with Crippen molar-refractivity contribution in [2.24, 2.45) is 5.92 Å². The van der Waals surface area contributed by atoms with Crippen molar-refractivity contribution in [3.8, 4) is 0 Å². The number of nitrogens with zero attached hydrogens (tertiary/aromatic N) is 2. The average molecular weight is 269 g/mol. The molecule has 0 aliphatic rings. The lowest BCUT2D eigenvalue weighted by atomic mass is 9.93. The molecule has 104 valence electrons. The zero-order chi connectivity index (χ0) is 13.4. The van der Waals surface area contributed by atoms with Gasteiger partial charge in [-0.1, -0.05) is 45.0 Å². The minimum Gasteiger partial charge on any atom is -0.309 e. The molecule has 0 aliphatic carbocycles. The third-order valence-electron chi connectivity index (χ3n) is 3.60. The van der Waals surface area contributed by atoms with Gasteiger partial charge in [0.15, 0.2) is 0 Å². The molecule has 0 aliphatic heterocycles. The largest absolute Gasteiger partial charge is 0.309 e. The Hall–Kier alpha value is -0.480. The maximum absolute atomic E-state index is 4.25. The van der Waals surface area contributed by atoms with Gasteiger partial charge in [0.05, 0.1) is 10.6 Å². The van der Waals surface area contributed by atoms with E-state index in [1.54, 1.807) is 11.5 Å².